The summed E-state index contributed by atoms with van der Waals surface area (Å²) in [5.41, 5.74) is 6.53. The molecule has 0 aliphatic rings. The predicted octanol–water partition coefficient (Wildman–Crippen LogP) is 2.25. The highest BCUT2D eigenvalue weighted by molar-refractivity contribution is 6.30. The van der Waals surface area contributed by atoms with Crippen molar-refractivity contribution in [2.45, 2.75) is 25.8 Å². The van der Waals surface area contributed by atoms with Crippen LogP contribution in [0.3, 0.4) is 0 Å². The van der Waals surface area contributed by atoms with Crippen molar-refractivity contribution in [3.63, 3.8) is 0 Å². The maximum Gasteiger partial charge on any atom is 0.236 e. The van der Waals surface area contributed by atoms with Gasteiger partial charge in [0.05, 0.1) is 6.54 Å². The average Bonchev–Trinajstić information content (AvgIpc) is 2.36. The molecule has 1 aromatic rings. The summed E-state index contributed by atoms with van der Waals surface area (Å²) in [5.74, 6) is 0.200. The van der Waals surface area contributed by atoms with Crippen molar-refractivity contribution in [3.05, 3.63) is 34.9 Å². The number of carbonyl (C=O) groups is 1. The number of nitrogens with zero attached hydrogens (tertiary/aromatic N) is 1. The second-order valence-corrected chi connectivity index (χ2v) is 4.73. The van der Waals surface area contributed by atoms with E-state index in [1.807, 2.05) is 31.2 Å². The first kappa shape index (κ1) is 14.0. The zero-order valence-corrected chi connectivity index (χ0v) is 11.2. The zero-order chi connectivity index (χ0) is 13.0. The quantitative estimate of drug-likeness (QED) is 0.896. The lowest BCUT2D eigenvalue weighted by molar-refractivity contribution is -0.130. The topological polar surface area (TPSA) is 46.3 Å². The molecule has 2 N–H and O–H groups in total. The fraction of sp³-hybridized carbons (Fsp3) is 0.462. The van der Waals surface area contributed by atoms with E-state index in [0.29, 0.717) is 0 Å². The van der Waals surface area contributed by atoms with Gasteiger partial charge in [0, 0.05) is 24.0 Å². The molecule has 1 rings (SSSR count). The van der Waals surface area contributed by atoms with Crippen LogP contribution in [0, 0.1) is 0 Å². The highest BCUT2D eigenvalue weighted by Crippen LogP contribution is 2.23. The standard InChI is InChI=1S/C13H19ClN2O/c1-9(10(2)16(3)13(17)8-15)11-4-6-12(14)7-5-11/h4-7,9-10H,8,15H2,1-3H3/t9-,10+/m0/s1. The molecule has 0 spiro atoms. The summed E-state index contributed by atoms with van der Waals surface area (Å²) in [7, 11) is 1.78. The van der Waals surface area contributed by atoms with Crippen molar-refractivity contribution >= 4 is 17.5 Å². The molecule has 94 valence electrons. The van der Waals surface area contributed by atoms with Crippen LogP contribution in [0.1, 0.15) is 25.3 Å². The molecular formula is C13H19ClN2O. The molecule has 0 bridgehead atoms. The first-order chi connectivity index (χ1) is 7.97. The third-order valence-electron chi connectivity index (χ3n) is 3.30. The van der Waals surface area contributed by atoms with E-state index in [0.717, 1.165) is 5.02 Å². The van der Waals surface area contributed by atoms with Crippen LogP contribution in [-0.4, -0.2) is 30.4 Å². The maximum atomic E-state index is 11.5. The number of carbonyl (C=O) groups excluding carboxylic acids is 1. The number of nitrogens with two attached hydrogens (primary N) is 1. The van der Waals surface area contributed by atoms with E-state index in [4.69, 9.17) is 17.3 Å². The largest absolute Gasteiger partial charge is 0.341 e. The van der Waals surface area contributed by atoms with E-state index < -0.39 is 0 Å². The Bertz CT molecular complexity index is 378. The SMILES string of the molecule is C[C@H](c1ccc(Cl)cc1)[C@@H](C)N(C)C(=O)CN. The van der Waals surface area contributed by atoms with E-state index in [-0.39, 0.29) is 24.4 Å². The summed E-state index contributed by atoms with van der Waals surface area (Å²) in [5, 5.41) is 0.722. The van der Waals surface area contributed by atoms with Gasteiger partial charge in [-0.05, 0) is 24.6 Å². The summed E-state index contributed by atoms with van der Waals surface area (Å²) in [4.78, 5) is 13.2. The van der Waals surface area contributed by atoms with Crippen LogP contribution in [0.2, 0.25) is 5.02 Å². The third kappa shape index (κ3) is 3.45. The summed E-state index contributed by atoms with van der Waals surface area (Å²) in [6, 6.07) is 7.82. The Morgan fingerprint density at radius 1 is 1.35 bits per heavy atom. The van der Waals surface area contributed by atoms with E-state index in [9.17, 15) is 4.79 Å². The predicted molar refractivity (Wildman–Crippen MR) is 71.2 cm³/mol. The molecule has 2 atom stereocenters. The number of benzene rings is 1. The Labute approximate surface area is 108 Å². The second kappa shape index (κ2) is 6.03. The first-order valence-electron chi connectivity index (χ1n) is 5.68. The smallest absolute Gasteiger partial charge is 0.236 e. The Kier molecular flexibility index (Phi) is 4.97. The van der Waals surface area contributed by atoms with Gasteiger partial charge in [0.2, 0.25) is 5.91 Å². The molecule has 0 aliphatic heterocycles. The van der Waals surface area contributed by atoms with Crippen LogP contribution in [-0.2, 0) is 4.79 Å². The molecule has 0 aliphatic carbocycles. The molecular weight excluding hydrogens is 236 g/mol. The summed E-state index contributed by atoms with van der Waals surface area (Å²) < 4.78 is 0. The van der Waals surface area contributed by atoms with Gasteiger partial charge < -0.3 is 10.6 Å². The van der Waals surface area contributed by atoms with E-state index in [1.54, 1.807) is 11.9 Å². The molecule has 0 heterocycles. The number of rotatable bonds is 4. The van der Waals surface area contributed by atoms with Gasteiger partial charge >= 0.3 is 0 Å². The number of hydrogen-bond acceptors (Lipinski definition) is 2. The number of hydrogen-bond donors (Lipinski definition) is 1. The van der Waals surface area contributed by atoms with Gasteiger partial charge in [0.15, 0.2) is 0 Å². The molecule has 0 saturated carbocycles. The minimum atomic E-state index is -0.0432. The number of halogens is 1. The lowest BCUT2D eigenvalue weighted by Crippen LogP contribution is -2.41. The van der Waals surface area contributed by atoms with Gasteiger partial charge in [-0.2, -0.15) is 0 Å². The van der Waals surface area contributed by atoms with Gasteiger partial charge in [0.25, 0.3) is 0 Å². The molecule has 3 nitrogen and oxygen atoms in total. The number of likely N-dealkylation sites (N-methyl/N-ethyl adjacent to an activating group) is 1. The maximum absolute atomic E-state index is 11.5. The Hall–Kier alpha value is -1.06. The molecule has 17 heavy (non-hydrogen) atoms. The van der Waals surface area contributed by atoms with Crippen molar-refractivity contribution in [1.29, 1.82) is 0 Å². The normalized spacial score (nSPS) is 14.2. The fourth-order valence-corrected chi connectivity index (χ4v) is 1.88. The molecule has 1 amide bonds. The van der Waals surface area contributed by atoms with Crippen molar-refractivity contribution in [2.75, 3.05) is 13.6 Å². The summed E-state index contributed by atoms with van der Waals surface area (Å²) in [6.07, 6.45) is 0. The van der Waals surface area contributed by atoms with Gasteiger partial charge in [-0.3, -0.25) is 4.79 Å². The van der Waals surface area contributed by atoms with Gasteiger partial charge in [-0.15, -0.1) is 0 Å². The van der Waals surface area contributed by atoms with Crippen molar-refractivity contribution in [3.8, 4) is 0 Å². The molecule has 0 radical (unpaired) electrons. The molecule has 0 saturated heterocycles. The van der Waals surface area contributed by atoms with Crippen LogP contribution < -0.4 is 5.73 Å². The minimum absolute atomic E-state index is 0.0432. The fourth-order valence-electron chi connectivity index (χ4n) is 1.75. The van der Waals surface area contributed by atoms with E-state index in [1.165, 1.54) is 5.56 Å². The van der Waals surface area contributed by atoms with E-state index >= 15 is 0 Å². The third-order valence-corrected chi connectivity index (χ3v) is 3.55. The second-order valence-electron chi connectivity index (χ2n) is 4.29. The molecule has 0 aromatic heterocycles. The van der Waals surface area contributed by atoms with E-state index in [2.05, 4.69) is 6.92 Å². The molecule has 4 heteroatoms. The minimum Gasteiger partial charge on any atom is -0.341 e. The van der Waals surface area contributed by atoms with Crippen LogP contribution in [0.4, 0.5) is 0 Å². The van der Waals surface area contributed by atoms with Crippen molar-refractivity contribution < 1.29 is 4.79 Å². The zero-order valence-electron chi connectivity index (χ0n) is 10.5. The molecule has 1 aromatic carbocycles. The van der Waals surface area contributed by atoms with Gasteiger partial charge in [-0.25, -0.2) is 0 Å². The summed E-state index contributed by atoms with van der Waals surface area (Å²) >= 11 is 5.85. The van der Waals surface area contributed by atoms with Crippen molar-refractivity contribution in [2.24, 2.45) is 5.73 Å². The number of amides is 1. The molecule has 0 fully saturated rings. The monoisotopic (exact) mass is 254 g/mol. The molecule has 0 unspecified atom stereocenters. The Balaban J connectivity index is 2.78. The Morgan fingerprint density at radius 2 is 1.88 bits per heavy atom. The Morgan fingerprint density at radius 3 is 2.35 bits per heavy atom. The highest BCUT2D eigenvalue weighted by atomic mass is 35.5. The highest BCUT2D eigenvalue weighted by Gasteiger charge is 2.21. The van der Waals surface area contributed by atoms with Crippen LogP contribution in [0.25, 0.3) is 0 Å². The van der Waals surface area contributed by atoms with Gasteiger partial charge in [-0.1, -0.05) is 30.7 Å². The van der Waals surface area contributed by atoms with Crippen LogP contribution in [0.5, 0.6) is 0 Å². The summed E-state index contributed by atoms with van der Waals surface area (Å²) in [6.45, 7) is 4.16. The van der Waals surface area contributed by atoms with Gasteiger partial charge in [0.1, 0.15) is 0 Å². The average molecular weight is 255 g/mol. The van der Waals surface area contributed by atoms with Crippen LogP contribution >= 0.6 is 11.6 Å². The lowest BCUT2D eigenvalue weighted by Gasteiger charge is -2.30. The first-order valence-corrected chi connectivity index (χ1v) is 6.06. The van der Waals surface area contributed by atoms with Crippen molar-refractivity contribution in [1.82, 2.24) is 4.90 Å². The lowest BCUT2D eigenvalue weighted by atomic mass is 9.93. The van der Waals surface area contributed by atoms with Crippen LogP contribution in [0.15, 0.2) is 24.3 Å².